The highest BCUT2D eigenvalue weighted by atomic mass is 16.6. The SMILES string of the molecule is CCCCCCCCCCCCCCC(=O)OC[C@H](COC(=O)CCCCCCCCCCCCCCCCCCC(C)C)OC(=O)CCCCCCCCCCCCC. The summed E-state index contributed by atoms with van der Waals surface area (Å²) in [6.45, 7) is 9.04. The van der Waals surface area contributed by atoms with Gasteiger partial charge in [-0.25, -0.2) is 0 Å². The van der Waals surface area contributed by atoms with Gasteiger partial charge in [0.05, 0.1) is 0 Å². The van der Waals surface area contributed by atoms with Gasteiger partial charge in [-0.15, -0.1) is 0 Å². The number of esters is 3. The lowest BCUT2D eigenvalue weighted by molar-refractivity contribution is -0.167. The molecule has 0 aromatic carbocycles. The first-order valence-corrected chi connectivity index (χ1v) is 26.9. The van der Waals surface area contributed by atoms with Crippen LogP contribution in [0.1, 0.15) is 304 Å². The van der Waals surface area contributed by atoms with E-state index in [9.17, 15) is 14.4 Å². The molecule has 0 amide bonds. The number of rotatable bonds is 49. The van der Waals surface area contributed by atoms with Crippen LogP contribution >= 0.6 is 0 Å². The van der Waals surface area contributed by atoms with Crippen LogP contribution in [0.15, 0.2) is 0 Å². The minimum Gasteiger partial charge on any atom is -0.462 e. The van der Waals surface area contributed by atoms with Gasteiger partial charge in [0.15, 0.2) is 6.10 Å². The largest absolute Gasteiger partial charge is 0.462 e. The number of hydrogen-bond acceptors (Lipinski definition) is 6. The standard InChI is InChI=1S/C54H104O6/c1-5-7-9-11-13-15-17-26-29-33-37-41-45-52(55)58-48-51(60-54(57)47-43-39-35-31-24-16-14-12-10-8-6-2)49-59-53(56)46-42-38-34-30-27-23-21-19-18-20-22-25-28-32-36-40-44-50(3)4/h50-51H,5-49H2,1-4H3/t51-/m1/s1. The first-order chi connectivity index (χ1) is 29.4. The number of carbonyl (C=O) groups is 3. The third-order valence-corrected chi connectivity index (χ3v) is 12.3. The zero-order valence-electron chi connectivity index (χ0n) is 40.9. The van der Waals surface area contributed by atoms with Crippen LogP contribution in [0, 0.1) is 5.92 Å². The fourth-order valence-electron chi connectivity index (χ4n) is 8.22. The third-order valence-electron chi connectivity index (χ3n) is 12.3. The summed E-state index contributed by atoms with van der Waals surface area (Å²) >= 11 is 0. The molecule has 0 aliphatic carbocycles. The van der Waals surface area contributed by atoms with Crippen LogP contribution in [-0.4, -0.2) is 37.2 Å². The molecule has 0 spiro atoms. The fraction of sp³-hybridized carbons (Fsp3) is 0.944. The second-order valence-electron chi connectivity index (χ2n) is 19.0. The number of hydrogen-bond donors (Lipinski definition) is 0. The molecule has 6 nitrogen and oxygen atoms in total. The van der Waals surface area contributed by atoms with Gasteiger partial charge < -0.3 is 14.2 Å². The minimum atomic E-state index is -0.760. The summed E-state index contributed by atoms with van der Waals surface area (Å²) in [5, 5.41) is 0. The van der Waals surface area contributed by atoms with Gasteiger partial charge in [0.25, 0.3) is 0 Å². The fourth-order valence-corrected chi connectivity index (χ4v) is 8.22. The predicted molar refractivity (Wildman–Crippen MR) is 257 cm³/mol. The van der Waals surface area contributed by atoms with Crippen molar-refractivity contribution in [1.29, 1.82) is 0 Å². The molecule has 0 heterocycles. The molecule has 0 saturated heterocycles. The molecule has 0 aliphatic rings. The Bertz CT molecular complexity index is 903. The topological polar surface area (TPSA) is 78.9 Å². The van der Waals surface area contributed by atoms with Crippen molar-refractivity contribution in [1.82, 2.24) is 0 Å². The van der Waals surface area contributed by atoms with Crippen molar-refractivity contribution in [3.8, 4) is 0 Å². The maximum Gasteiger partial charge on any atom is 0.306 e. The molecule has 0 N–H and O–H groups in total. The molecule has 0 unspecified atom stereocenters. The van der Waals surface area contributed by atoms with Gasteiger partial charge in [0.2, 0.25) is 0 Å². The van der Waals surface area contributed by atoms with E-state index in [0.717, 1.165) is 63.7 Å². The Balaban J connectivity index is 4.23. The Kier molecular flexibility index (Phi) is 47.2. The van der Waals surface area contributed by atoms with E-state index in [4.69, 9.17) is 14.2 Å². The molecular formula is C54H104O6. The Morgan fingerprint density at radius 1 is 0.317 bits per heavy atom. The molecule has 0 fully saturated rings. The lowest BCUT2D eigenvalue weighted by Crippen LogP contribution is -2.30. The molecular weight excluding hydrogens is 745 g/mol. The minimum absolute atomic E-state index is 0.0623. The normalized spacial score (nSPS) is 11.9. The van der Waals surface area contributed by atoms with Crippen molar-refractivity contribution in [3.05, 3.63) is 0 Å². The molecule has 0 bridgehead atoms. The highest BCUT2D eigenvalue weighted by Crippen LogP contribution is 2.17. The Morgan fingerprint density at radius 3 is 0.817 bits per heavy atom. The van der Waals surface area contributed by atoms with E-state index in [1.165, 1.54) is 199 Å². The van der Waals surface area contributed by atoms with Gasteiger partial charge in [-0.1, -0.05) is 265 Å². The molecule has 0 aromatic rings. The van der Waals surface area contributed by atoms with E-state index in [1.807, 2.05) is 0 Å². The highest BCUT2D eigenvalue weighted by molar-refractivity contribution is 5.71. The molecule has 0 aromatic heterocycles. The van der Waals surface area contributed by atoms with Crippen molar-refractivity contribution in [2.45, 2.75) is 310 Å². The van der Waals surface area contributed by atoms with E-state index in [1.54, 1.807) is 0 Å². The summed E-state index contributed by atoms with van der Waals surface area (Å²) in [6, 6.07) is 0. The molecule has 0 radical (unpaired) electrons. The maximum absolute atomic E-state index is 12.8. The monoisotopic (exact) mass is 849 g/mol. The predicted octanol–water partition coefficient (Wildman–Crippen LogP) is 17.5. The first-order valence-electron chi connectivity index (χ1n) is 26.9. The zero-order valence-corrected chi connectivity index (χ0v) is 40.9. The van der Waals surface area contributed by atoms with Gasteiger partial charge in [0, 0.05) is 19.3 Å². The van der Waals surface area contributed by atoms with Crippen molar-refractivity contribution in [3.63, 3.8) is 0 Å². The molecule has 0 saturated carbocycles. The number of unbranched alkanes of at least 4 members (excludes halogenated alkanes) is 36. The lowest BCUT2D eigenvalue weighted by atomic mass is 10.0. The van der Waals surface area contributed by atoms with E-state index < -0.39 is 6.10 Å². The molecule has 0 rings (SSSR count). The van der Waals surface area contributed by atoms with E-state index in [2.05, 4.69) is 27.7 Å². The van der Waals surface area contributed by atoms with Gasteiger partial charge in [-0.05, 0) is 25.2 Å². The summed E-state index contributed by atoms with van der Waals surface area (Å²) in [4.78, 5) is 37.9. The summed E-state index contributed by atoms with van der Waals surface area (Å²) in [5.41, 5.74) is 0. The Labute approximate surface area is 374 Å². The van der Waals surface area contributed by atoms with Crippen LogP contribution in [0.4, 0.5) is 0 Å². The Morgan fingerprint density at radius 2 is 0.550 bits per heavy atom. The van der Waals surface area contributed by atoms with Crippen molar-refractivity contribution >= 4 is 17.9 Å². The van der Waals surface area contributed by atoms with E-state index >= 15 is 0 Å². The van der Waals surface area contributed by atoms with Crippen LogP contribution in [-0.2, 0) is 28.6 Å². The molecule has 0 aliphatic heterocycles. The van der Waals surface area contributed by atoms with Crippen LogP contribution in [0.2, 0.25) is 0 Å². The molecule has 1 atom stereocenters. The van der Waals surface area contributed by atoms with Crippen LogP contribution in [0.5, 0.6) is 0 Å². The number of ether oxygens (including phenoxy) is 3. The molecule has 356 valence electrons. The zero-order chi connectivity index (χ0) is 43.8. The van der Waals surface area contributed by atoms with E-state index in [-0.39, 0.29) is 31.1 Å². The average molecular weight is 849 g/mol. The summed E-state index contributed by atoms with van der Waals surface area (Å²) in [6.07, 6.45) is 50.9. The van der Waals surface area contributed by atoms with Crippen molar-refractivity contribution < 1.29 is 28.6 Å². The number of carbonyl (C=O) groups excluding carboxylic acids is 3. The molecule has 60 heavy (non-hydrogen) atoms. The average Bonchev–Trinajstić information content (AvgIpc) is 3.23. The second kappa shape index (κ2) is 48.4. The van der Waals surface area contributed by atoms with Gasteiger partial charge >= 0.3 is 17.9 Å². The second-order valence-corrected chi connectivity index (χ2v) is 19.0. The van der Waals surface area contributed by atoms with Crippen LogP contribution in [0.25, 0.3) is 0 Å². The summed E-state index contributed by atoms with van der Waals surface area (Å²) in [5.74, 6) is 0.0107. The van der Waals surface area contributed by atoms with Crippen molar-refractivity contribution in [2.24, 2.45) is 5.92 Å². The lowest BCUT2D eigenvalue weighted by Gasteiger charge is -2.18. The van der Waals surface area contributed by atoms with Crippen molar-refractivity contribution in [2.75, 3.05) is 13.2 Å². The molecule has 6 heteroatoms. The summed E-state index contributed by atoms with van der Waals surface area (Å²) in [7, 11) is 0. The van der Waals surface area contributed by atoms with Crippen LogP contribution in [0.3, 0.4) is 0 Å². The van der Waals surface area contributed by atoms with Gasteiger partial charge in [-0.3, -0.25) is 14.4 Å². The smallest absolute Gasteiger partial charge is 0.306 e. The van der Waals surface area contributed by atoms with Gasteiger partial charge in [-0.2, -0.15) is 0 Å². The third kappa shape index (κ3) is 47.5. The summed E-state index contributed by atoms with van der Waals surface area (Å²) < 4.78 is 16.8. The highest BCUT2D eigenvalue weighted by Gasteiger charge is 2.19. The quantitative estimate of drug-likeness (QED) is 0.0345. The van der Waals surface area contributed by atoms with E-state index in [0.29, 0.717) is 19.3 Å². The first kappa shape index (κ1) is 58.4. The van der Waals surface area contributed by atoms with Crippen LogP contribution < -0.4 is 0 Å². The maximum atomic E-state index is 12.8. The van der Waals surface area contributed by atoms with Gasteiger partial charge in [0.1, 0.15) is 13.2 Å². The Hall–Kier alpha value is -1.59.